The summed E-state index contributed by atoms with van der Waals surface area (Å²) in [6, 6.07) is 12.5. The first-order valence-electron chi connectivity index (χ1n) is 11.0. The minimum atomic E-state index is -0.361. The molecular weight excluding hydrogens is 410 g/mol. The summed E-state index contributed by atoms with van der Waals surface area (Å²) in [7, 11) is 0. The summed E-state index contributed by atoms with van der Waals surface area (Å²) in [6.45, 7) is 8.58. The summed E-state index contributed by atoms with van der Waals surface area (Å²) in [4.78, 5) is 33.4. The van der Waals surface area contributed by atoms with Crippen LogP contribution in [-0.2, 0) is 4.79 Å². The highest BCUT2D eigenvalue weighted by molar-refractivity contribution is 6.31. The largest absolute Gasteiger partial charge is 0.333 e. The molecule has 0 aliphatic heterocycles. The lowest BCUT2D eigenvalue weighted by atomic mass is 10.1. The fourth-order valence-corrected chi connectivity index (χ4v) is 4.06. The van der Waals surface area contributed by atoms with Crippen molar-refractivity contribution in [2.45, 2.75) is 59.4 Å². The predicted octanol–water partition coefficient (Wildman–Crippen LogP) is 5.84. The van der Waals surface area contributed by atoms with Crippen LogP contribution in [0.4, 0.5) is 0 Å². The standard InChI is InChI=1S/C25H30ClN3O2/c1-5-7-15-23(30)28(16-6-2)18(4)24-27-21-13-9-8-11-19(21)25(31)29(24)22-14-10-12-20(26)17(22)3/h8-14,18H,5-7,15-16H2,1-4H3. The summed E-state index contributed by atoms with van der Waals surface area (Å²) in [5, 5.41) is 1.12. The van der Waals surface area contributed by atoms with Crippen LogP contribution in [0.3, 0.4) is 0 Å². The number of carbonyl (C=O) groups is 1. The number of para-hydroxylation sites is 1. The van der Waals surface area contributed by atoms with Gasteiger partial charge in [0.1, 0.15) is 5.82 Å². The van der Waals surface area contributed by atoms with Crippen molar-refractivity contribution in [1.29, 1.82) is 0 Å². The summed E-state index contributed by atoms with van der Waals surface area (Å²) < 4.78 is 1.63. The van der Waals surface area contributed by atoms with Crippen molar-refractivity contribution in [3.8, 4) is 5.69 Å². The summed E-state index contributed by atoms with van der Waals surface area (Å²) >= 11 is 6.39. The van der Waals surface area contributed by atoms with Gasteiger partial charge in [-0.2, -0.15) is 0 Å². The molecule has 0 N–H and O–H groups in total. The number of carbonyl (C=O) groups excluding carboxylic acids is 1. The minimum Gasteiger partial charge on any atom is -0.333 e. The number of halogens is 1. The molecule has 0 bridgehead atoms. The van der Waals surface area contributed by atoms with E-state index in [1.165, 1.54) is 0 Å². The SMILES string of the molecule is CCCCC(=O)N(CCC)C(C)c1nc2ccccc2c(=O)n1-c1cccc(Cl)c1C. The Morgan fingerprint density at radius 1 is 1.13 bits per heavy atom. The second-order valence-electron chi connectivity index (χ2n) is 7.88. The van der Waals surface area contributed by atoms with Gasteiger partial charge in [-0.05, 0) is 56.5 Å². The number of aromatic nitrogens is 2. The normalized spacial score (nSPS) is 12.2. The van der Waals surface area contributed by atoms with Crippen LogP contribution in [0.25, 0.3) is 16.6 Å². The zero-order valence-electron chi connectivity index (χ0n) is 18.7. The molecule has 1 unspecified atom stereocenters. The number of hydrogen-bond acceptors (Lipinski definition) is 3. The molecule has 0 aliphatic rings. The molecule has 1 atom stereocenters. The van der Waals surface area contributed by atoms with Crippen molar-refractivity contribution in [2.24, 2.45) is 0 Å². The third kappa shape index (κ3) is 4.67. The van der Waals surface area contributed by atoms with Crippen LogP contribution in [0.15, 0.2) is 47.3 Å². The monoisotopic (exact) mass is 439 g/mol. The second kappa shape index (κ2) is 10.1. The van der Waals surface area contributed by atoms with Crippen molar-refractivity contribution < 1.29 is 4.79 Å². The van der Waals surface area contributed by atoms with Gasteiger partial charge in [-0.1, -0.05) is 50.1 Å². The Morgan fingerprint density at radius 2 is 1.87 bits per heavy atom. The maximum atomic E-state index is 13.6. The van der Waals surface area contributed by atoms with Crippen LogP contribution in [0.1, 0.15) is 63.9 Å². The lowest BCUT2D eigenvalue weighted by Gasteiger charge is -2.30. The van der Waals surface area contributed by atoms with E-state index in [1.54, 1.807) is 16.7 Å². The van der Waals surface area contributed by atoms with Gasteiger partial charge >= 0.3 is 0 Å². The van der Waals surface area contributed by atoms with E-state index >= 15 is 0 Å². The highest BCUT2D eigenvalue weighted by atomic mass is 35.5. The van der Waals surface area contributed by atoms with Crippen molar-refractivity contribution in [3.05, 3.63) is 69.2 Å². The van der Waals surface area contributed by atoms with Gasteiger partial charge in [-0.3, -0.25) is 14.2 Å². The first-order chi connectivity index (χ1) is 14.9. The minimum absolute atomic E-state index is 0.0907. The van der Waals surface area contributed by atoms with Crippen LogP contribution < -0.4 is 5.56 Å². The molecule has 1 aromatic heterocycles. The van der Waals surface area contributed by atoms with Gasteiger partial charge in [0.25, 0.3) is 5.56 Å². The number of benzene rings is 2. The van der Waals surface area contributed by atoms with Crippen molar-refractivity contribution in [3.63, 3.8) is 0 Å². The van der Waals surface area contributed by atoms with E-state index in [0.29, 0.717) is 40.4 Å². The molecule has 0 radical (unpaired) electrons. The predicted molar refractivity (Wildman–Crippen MR) is 127 cm³/mol. The van der Waals surface area contributed by atoms with E-state index in [4.69, 9.17) is 16.6 Å². The number of amides is 1. The Hall–Kier alpha value is -2.66. The van der Waals surface area contributed by atoms with Gasteiger partial charge in [0.15, 0.2) is 0 Å². The number of unbranched alkanes of at least 4 members (excludes halogenated alkanes) is 1. The van der Waals surface area contributed by atoms with Crippen LogP contribution in [0, 0.1) is 6.92 Å². The summed E-state index contributed by atoms with van der Waals surface area (Å²) in [5.74, 6) is 0.639. The highest BCUT2D eigenvalue weighted by Gasteiger charge is 2.26. The van der Waals surface area contributed by atoms with E-state index in [9.17, 15) is 9.59 Å². The van der Waals surface area contributed by atoms with E-state index in [-0.39, 0.29) is 17.5 Å². The topological polar surface area (TPSA) is 55.2 Å². The molecule has 2 aromatic carbocycles. The van der Waals surface area contributed by atoms with Crippen molar-refractivity contribution in [1.82, 2.24) is 14.5 Å². The quantitative estimate of drug-likeness (QED) is 0.443. The smallest absolute Gasteiger partial charge is 0.266 e. The molecule has 1 heterocycles. The lowest BCUT2D eigenvalue weighted by Crippen LogP contribution is -2.38. The maximum absolute atomic E-state index is 13.6. The zero-order chi connectivity index (χ0) is 22.5. The van der Waals surface area contributed by atoms with Crippen LogP contribution >= 0.6 is 11.6 Å². The molecule has 6 heteroatoms. The van der Waals surface area contributed by atoms with Crippen LogP contribution in [0.5, 0.6) is 0 Å². The Labute approximate surface area is 188 Å². The molecule has 0 saturated heterocycles. The fraction of sp³-hybridized carbons (Fsp3) is 0.400. The zero-order valence-corrected chi connectivity index (χ0v) is 19.4. The number of hydrogen-bond donors (Lipinski definition) is 0. The third-order valence-electron chi connectivity index (χ3n) is 5.65. The average molecular weight is 440 g/mol. The van der Waals surface area contributed by atoms with Gasteiger partial charge in [0, 0.05) is 18.0 Å². The molecular formula is C25H30ClN3O2. The molecule has 31 heavy (non-hydrogen) atoms. The molecule has 0 spiro atoms. The van der Waals surface area contributed by atoms with Gasteiger partial charge in [-0.25, -0.2) is 4.98 Å². The van der Waals surface area contributed by atoms with Crippen molar-refractivity contribution >= 4 is 28.4 Å². The Balaban J connectivity index is 2.26. The van der Waals surface area contributed by atoms with Gasteiger partial charge in [-0.15, -0.1) is 0 Å². The molecule has 0 saturated carbocycles. The average Bonchev–Trinajstić information content (AvgIpc) is 2.77. The van der Waals surface area contributed by atoms with Crippen LogP contribution in [0.2, 0.25) is 5.02 Å². The number of rotatable bonds is 8. The Morgan fingerprint density at radius 3 is 2.58 bits per heavy atom. The Bertz CT molecular complexity index is 1140. The first-order valence-corrected chi connectivity index (χ1v) is 11.3. The molecule has 0 fully saturated rings. The molecule has 0 aliphatic carbocycles. The number of nitrogens with zero attached hydrogens (tertiary/aromatic N) is 3. The van der Waals surface area contributed by atoms with Gasteiger partial charge in [0.2, 0.25) is 5.91 Å². The molecule has 3 rings (SSSR count). The van der Waals surface area contributed by atoms with Crippen LogP contribution in [-0.4, -0.2) is 26.9 Å². The fourth-order valence-electron chi connectivity index (χ4n) is 3.89. The third-order valence-corrected chi connectivity index (χ3v) is 6.06. The molecule has 1 amide bonds. The van der Waals surface area contributed by atoms with Gasteiger partial charge < -0.3 is 4.90 Å². The number of fused-ring (bicyclic) bond motifs is 1. The Kier molecular flexibility index (Phi) is 7.50. The lowest BCUT2D eigenvalue weighted by molar-refractivity contribution is -0.133. The molecule has 164 valence electrons. The maximum Gasteiger partial charge on any atom is 0.266 e. The van der Waals surface area contributed by atoms with Gasteiger partial charge in [0.05, 0.1) is 22.6 Å². The van der Waals surface area contributed by atoms with E-state index in [1.807, 2.05) is 49.1 Å². The van der Waals surface area contributed by atoms with E-state index < -0.39 is 0 Å². The van der Waals surface area contributed by atoms with Crippen molar-refractivity contribution in [2.75, 3.05) is 6.54 Å². The highest BCUT2D eigenvalue weighted by Crippen LogP contribution is 2.27. The summed E-state index contributed by atoms with van der Waals surface area (Å²) in [6.07, 6.45) is 3.13. The molecule has 3 aromatic rings. The van der Waals surface area contributed by atoms with E-state index in [2.05, 4.69) is 13.8 Å². The second-order valence-corrected chi connectivity index (χ2v) is 8.29. The van der Waals surface area contributed by atoms with E-state index in [0.717, 1.165) is 24.8 Å². The summed E-state index contributed by atoms with van der Waals surface area (Å²) in [5.41, 5.74) is 1.96. The first kappa shape index (κ1) is 23.0. The molecule has 5 nitrogen and oxygen atoms in total.